The number of pyridine rings is 1. The van der Waals surface area contributed by atoms with Gasteiger partial charge in [0.05, 0.1) is 22.4 Å². The van der Waals surface area contributed by atoms with Gasteiger partial charge in [-0.3, -0.25) is 4.98 Å². The predicted molar refractivity (Wildman–Crippen MR) is 237 cm³/mol. The molecule has 0 unspecified atom stereocenters. The van der Waals surface area contributed by atoms with Gasteiger partial charge in [-0.2, -0.15) is 0 Å². The molecular formula is C54H35IrN3O-2. The van der Waals surface area contributed by atoms with Crippen molar-refractivity contribution in [2.24, 2.45) is 0 Å². The average molecular weight is 934 g/mol. The quantitative estimate of drug-likeness (QED) is 0.156. The van der Waals surface area contributed by atoms with E-state index in [-0.39, 0.29) is 20.1 Å². The Morgan fingerprint density at radius 3 is 1.92 bits per heavy atom. The molecule has 0 spiro atoms. The molecule has 0 N–H and O–H groups in total. The first-order valence-corrected chi connectivity index (χ1v) is 19.3. The van der Waals surface area contributed by atoms with Gasteiger partial charge in [0.15, 0.2) is 0 Å². The summed E-state index contributed by atoms with van der Waals surface area (Å²) in [5.74, 6) is 0.794. The van der Waals surface area contributed by atoms with E-state index in [1.54, 1.807) is 6.20 Å². The molecule has 0 bridgehead atoms. The van der Waals surface area contributed by atoms with Crippen molar-refractivity contribution < 1.29 is 24.5 Å². The van der Waals surface area contributed by atoms with Crippen LogP contribution in [0.15, 0.2) is 217 Å². The SMILES string of the molecule is [Ir].[c-]1ccc2c(oc3ccccc32)c1-c1nc2ccccc2n1-c1ccc(-c2ccc(-c3ccccc3)cc2)cc1-c1ccccc1.[c-]1ccccc1-c1ccccn1. The zero-order valence-electron chi connectivity index (χ0n) is 31.8. The molecule has 0 amide bonds. The third-order valence-corrected chi connectivity index (χ3v) is 10.4. The second-order valence-electron chi connectivity index (χ2n) is 14.0. The van der Waals surface area contributed by atoms with Gasteiger partial charge >= 0.3 is 0 Å². The molecule has 4 nitrogen and oxygen atoms in total. The molecule has 3 heterocycles. The van der Waals surface area contributed by atoms with Crippen molar-refractivity contribution in [3.63, 3.8) is 0 Å². The molecule has 0 saturated heterocycles. The maximum Gasteiger partial charge on any atom is 0.120 e. The molecule has 0 atom stereocenters. The second-order valence-corrected chi connectivity index (χ2v) is 14.0. The minimum absolute atomic E-state index is 0. The van der Waals surface area contributed by atoms with Gasteiger partial charge in [0.1, 0.15) is 5.58 Å². The smallest absolute Gasteiger partial charge is 0.120 e. The summed E-state index contributed by atoms with van der Waals surface area (Å²) in [5, 5.41) is 2.14. The van der Waals surface area contributed by atoms with Crippen LogP contribution in [-0.4, -0.2) is 14.5 Å². The van der Waals surface area contributed by atoms with E-state index in [1.165, 1.54) is 16.7 Å². The van der Waals surface area contributed by atoms with Crippen molar-refractivity contribution in [3.8, 4) is 61.7 Å². The summed E-state index contributed by atoms with van der Waals surface area (Å²) in [6.07, 6.45) is 1.79. The molecule has 3 aromatic heterocycles. The number of hydrogen-bond acceptors (Lipinski definition) is 3. The summed E-state index contributed by atoms with van der Waals surface area (Å²) in [7, 11) is 0. The van der Waals surface area contributed by atoms with Gasteiger partial charge in [0.25, 0.3) is 0 Å². The largest absolute Gasteiger partial charge is 0.501 e. The van der Waals surface area contributed by atoms with Crippen LogP contribution in [0.2, 0.25) is 0 Å². The van der Waals surface area contributed by atoms with Crippen LogP contribution in [-0.2, 0) is 20.1 Å². The topological polar surface area (TPSA) is 43.9 Å². The van der Waals surface area contributed by atoms with E-state index in [4.69, 9.17) is 9.40 Å². The summed E-state index contributed by atoms with van der Waals surface area (Å²) in [6.45, 7) is 0. The number of furan rings is 1. The molecule has 0 fully saturated rings. The van der Waals surface area contributed by atoms with E-state index in [2.05, 4.69) is 155 Å². The molecule has 283 valence electrons. The molecule has 0 saturated carbocycles. The van der Waals surface area contributed by atoms with Gasteiger partial charge < -0.3 is 14.0 Å². The third kappa shape index (κ3) is 7.42. The maximum absolute atomic E-state index is 6.47. The summed E-state index contributed by atoms with van der Waals surface area (Å²) in [4.78, 5) is 9.42. The zero-order valence-corrected chi connectivity index (χ0v) is 34.2. The number of aromatic nitrogens is 3. The fraction of sp³-hybridized carbons (Fsp3) is 0. The number of para-hydroxylation sites is 3. The molecule has 59 heavy (non-hydrogen) atoms. The van der Waals surface area contributed by atoms with Crippen LogP contribution in [0.4, 0.5) is 0 Å². The molecule has 11 rings (SSSR count). The van der Waals surface area contributed by atoms with Crippen LogP contribution in [0.5, 0.6) is 0 Å². The summed E-state index contributed by atoms with van der Waals surface area (Å²) in [6, 6.07) is 77.5. The Balaban J connectivity index is 0.000000297. The number of fused-ring (bicyclic) bond motifs is 4. The second kappa shape index (κ2) is 16.7. The number of imidazole rings is 1. The average Bonchev–Trinajstić information content (AvgIpc) is 3.89. The monoisotopic (exact) mass is 934 g/mol. The Morgan fingerprint density at radius 2 is 1.15 bits per heavy atom. The molecular weight excluding hydrogens is 899 g/mol. The van der Waals surface area contributed by atoms with Crippen LogP contribution in [0, 0.1) is 12.1 Å². The van der Waals surface area contributed by atoms with Crippen LogP contribution in [0.3, 0.4) is 0 Å². The van der Waals surface area contributed by atoms with Gasteiger partial charge in [-0.25, -0.2) is 0 Å². The molecule has 5 heteroatoms. The van der Waals surface area contributed by atoms with Crippen molar-refractivity contribution in [2.45, 2.75) is 0 Å². The molecule has 0 aliphatic carbocycles. The van der Waals surface area contributed by atoms with E-state index in [1.807, 2.05) is 72.8 Å². The van der Waals surface area contributed by atoms with Gasteiger partial charge in [-0.1, -0.05) is 144 Å². The Kier molecular flexibility index (Phi) is 10.6. The molecule has 0 aliphatic heterocycles. The van der Waals surface area contributed by atoms with Crippen molar-refractivity contribution >= 4 is 33.0 Å². The van der Waals surface area contributed by atoms with E-state index in [9.17, 15) is 0 Å². The number of benzene rings is 8. The minimum atomic E-state index is 0. The van der Waals surface area contributed by atoms with E-state index in [0.717, 1.165) is 78.0 Å². The van der Waals surface area contributed by atoms with E-state index in [0.29, 0.717) is 0 Å². The zero-order chi connectivity index (χ0) is 38.7. The first-order valence-electron chi connectivity index (χ1n) is 19.3. The van der Waals surface area contributed by atoms with Crippen molar-refractivity contribution in [2.75, 3.05) is 0 Å². The van der Waals surface area contributed by atoms with E-state index < -0.39 is 0 Å². The van der Waals surface area contributed by atoms with Crippen LogP contribution in [0.1, 0.15) is 0 Å². The summed E-state index contributed by atoms with van der Waals surface area (Å²) in [5.41, 5.74) is 14.5. The Bertz CT molecular complexity index is 3100. The van der Waals surface area contributed by atoms with Crippen molar-refractivity contribution in [3.05, 3.63) is 225 Å². The van der Waals surface area contributed by atoms with Crippen molar-refractivity contribution in [1.82, 2.24) is 14.5 Å². The first-order chi connectivity index (χ1) is 28.8. The number of hydrogen-bond donors (Lipinski definition) is 0. The fourth-order valence-electron chi connectivity index (χ4n) is 7.61. The van der Waals surface area contributed by atoms with Gasteiger partial charge in [-0.15, -0.1) is 54.1 Å². The standard InChI is InChI=1S/C43H27N2O.C11H8N.Ir/c1-3-12-29(13-4-1)30-22-24-31(25-23-30)33-26-27-39(37(28-33)32-14-5-2-6-15-32)45-40-20-9-8-19-38(40)44-43(45)36-18-11-17-35-34-16-7-10-21-41(34)46-42(35)36;1-2-6-10(7-3-1)11-8-4-5-9-12-11;/h1-17,19-28H;1-6,8-9H;/q2*-1;. The first kappa shape index (κ1) is 37.4. The Morgan fingerprint density at radius 1 is 0.492 bits per heavy atom. The fourth-order valence-corrected chi connectivity index (χ4v) is 7.61. The molecule has 0 aliphatic rings. The van der Waals surface area contributed by atoms with Crippen LogP contribution >= 0.6 is 0 Å². The van der Waals surface area contributed by atoms with E-state index >= 15 is 0 Å². The van der Waals surface area contributed by atoms with Gasteiger partial charge in [-0.05, 0) is 69.9 Å². The Hall–Kier alpha value is -7.17. The Labute approximate surface area is 356 Å². The van der Waals surface area contributed by atoms with Gasteiger partial charge in [0.2, 0.25) is 0 Å². The van der Waals surface area contributed by atoms with Crippen LogP contribution < -0.4 is 0 Å². The third-order valence-electron chi connectivity index (χ3n) is 10.4. The number of nitrogens with zero attached hydrogens (tertiary/aromatic N) is 3. The maximum atomic E-state index is 6.47. The summed E-state index contributed by atoms with van der Waals surface area (Å²) < 4.78 is 8.74. The van der Waals surface area contributed by atoms with Crippen molar-refractivity contribution in [1.29, 1.82) is 0 Å². The minimum Gasteiger partial charge on any atom is -0.501 e. The van der Waals surface area contributed by atoms with Gasteiger partial charge in [0, 0.05) is 42.9 Å². The normalized spacial score (nSPS) is 10.9. The predicted octanol–water partition coefficient (Wildman–Crippen LogP) is 13.9. The van der Waals surface area contributed by atoms with Crippen LogP contribution in [0.25, 0.3) is 94.7 Å². The molecule has 11 aromatic rings. The molecule has 8 aromatic carbocycles. The molecule has 1 radical (unpaired) electrons. The summed E-state index contributed by atoms with van der Waals surface area (Å²) >= 11 is 0. The number of rotatable bonds is 6.